The number of ether oxygens (including phenoxy) is 3. The Morgan fingerprint density at radius 3 is 2.59 bits per heavy atom. The van der Waals surface area contributed by atoms with Crippen LogP contribution in [0.1, 0.15) is 43.7 Å². The highest BCUT2D eigenvalue weighted by Gasteiger charge is 2.35. The number of allylic oxidation sites excluding steroid dienone is 1. The first-order valence-corrected chi connectivity index (χ1v) is 15.2. The summed E-state index contributed by atoms with van der Waals surface area (Å²) < 4.78 is 25.1. The van der Waals surface area contributed by atoms with Crippen molar-refractivity contribution in [3.63, 3.8) is 0 Å². The fraction of sp³-hybridized carbons (Fsp3) is 0.258. The van der Waals surface area contributed by atoms with E-state index in [1.807, 2.05) is 6.92 Å². The lowest BCUT2D eigenvalue weighted by Crippen LogP contribution is -2.40. The van der Waals surface area contributed by atoms with Gasteiger partial charge in [-0.3, -0.25) is 19.5 Å². The Balaban J connectivity index is 1.65. The van der Waals surface area contributed by atoms with Gasteiger partial charge in [-0.1, -0.05) is 27.3 Å². The highest BCUT2D eigenvalue weighted by Crippen LogP contribution is 2.41. The number of nitro benzene ring substituents is 1. The van der Waals surface area contributed by atoms with Crippen molar-refractivity contribution in [2.75, 3.05) is 20.3 Å². The van der Waals surface area contributed by atoms with Crippen molar-refractivity contribution < 1.29 is 28.3 Å². The van der Waals surface area contributed by atoms with Crippen LogP contribution in [0.5, 0.6) is 11.5 Å². The molecule has 0 saturated heterocycles. The number of thiazole rings is 1. The predicted molar refractivity (Wildman–Crippen MR) is 168 cm³/mol. The van der Waals surface area contributed by atoms with Gasteiger partial charge in [0.05, 0.1) is 47.1 Å². The molecule has 5 rings (SSSR count). The maximum absolute atomic E-state index is 14.0. The molecule has 0 amide bonds. The normalized spacial score (nSPS) is 14.7. The highest BCUT2D eigenvalue weighted by molar-refractivity contribution is 9.10. The van der Waals surface area contributed by atoms with Gasteiger partial charge in [-0.25, -0.2) is 9.79 Å². The topological polar surface area (TPSA) is 135 Å². The maximum atomic E-state index is 14.0. The number of rotatable bonds is 9. The van der Waals surface area contributed by atoms with Gasteiger partial charge in [-0.15, -0.1) is 0 Å². The number of halogens is 1. The number of fused-ring (bicyclic) bond motifs is 1. The van der Waals surface area contributed by atoms with Gasteiger partial charge in [0, 0.05) is 28.2 Å². The maximum Gasteiger partial charge on any atom is 0.338 e. The lowest BCUT2D eigenvalue weighted by Gasteiger charge is -2.26. The van der Waals surface area contributed by atoms with Crippen molar-refractivity contribution in [1.29, 1.82) is 0 Å². The molecule has 0 spiro atoms. The van der Waals surface area contributed by atoms with E-state index < -0.39 is 16.9 Å². The number of hydrogen-bond donors (Lipinski definition) is 0. The van der Waals surface area contributed by atoms with Gasteiger partial charge in [0.1, 0.15) is 11.5 Å². The third-order valence-corrected chi connectivity index (χ3v) is 8.65. The Morgan fingerprint density at radius 1 is 1.16 bits per heavy atom. The number of aromatic nitrogens is 1. The molecule has 11 nitrogen and oxygen atoms in total. The van der Waals surface area contributed by atoms with Crippen LogP contribution in [0.25, 0.3) is 17.4 Å². The van der Waals surface area contributed by atoms with Crippen LogP contribution >= 0.6 is 27.3 Å². The quantitative estimate of drug-likeness (QED) is 0.129. The van der Waals surface area contributed by atoms with Crippen molar-refractivity contribution in [2.45, 2.75) is 33.7 Å². The first-order chi connectivity index (χ1) is 21.1. The number of methoxy groups -OCH3 is 1. The fourth-order valence-corrected chi connectivity index (χ4v) is 6.58. The Bertz CT molecular complexity index is 2010. The van der Waals surface area contributed by atoms with Gasteiger partial charge in [0.15, 0.2) is 16.3 Å². The summed E-state index contributed by atoms with van der Waals surface area (Å²) in [4.78, 5) is 43.0. The molecule has 13 heteroatoms. The number of nitro groups is 1. The van der Waals surface area contributed by atoms with E-state index in [-0.39, 0.29) is 23.4 Å². The summed E-state index contributed by atoms with van der Waals surface area (Å²) >= 11 is 4.78. The van der Waals surface area contributed by atoms with E-state index >= 15 is 0 Å². The molecule has 3 heterocycles. The molecule has 0 aliphatic carbocycles. The van der Waals surface area contributed by atoms with Crippen LogP contribution in [-0.2, 0) is 9.53 Å². The van der Waals surface area contributed by atoms with Crippen LogP contribution in [-0.4, -0.2) is 35.8 Å². The number of nitrogens with zero attached hydrogens (tertiary/aromatic N) is 3. The molecule has 2 aromatic carbocycles. The number of furan rings is 1. The molecule has 1 aliphatic rings. The summed E-state index contributed by atoms with van der Waals surface area (Å²) in [5.41, 5.74) is 2.23. The molecule has 0 unspecified atom stereocenters. The number of carbonyl (C=O) groups is 1. The molecule has 0 N–H and O–H groups in total. The average molecular weight is 683 g/mol. The molecule has 0 bridgehead atoms. The Hall–Kier alpha value is -4.49. The Morgan fingerprint density at radius 2 is 1.93 bits per heavy atom. The molecule has 0 saturated carbocycles. The molecule has 1 aliphatic heterocycles. The van der Waals surface area contributed by atoms with Crippen molar-refractivity contribution >= 4 is 45.0 Å². The van der Waals surface area contributed by atoms with Crippen LogP contribution in [0.15, 0.2) is 72.4 Å². The summed E-state index contributed by atoms with van der Waals surface area (Å²) in [6.45, 7) is 7.61. The summed E-state index contributed by atoms with van der Waals surface area (Å²) in [5, 5.41) is 11.1. The number of hydrogen-bond acceptors (Lipinski definition) is 10. The van der Waals surface area contributed by atoms with Gasteiger partial charge in [0.2, 0.25) is 0 Å². The number of benzene rings is 2. The van der Waals surface area contributed by atoms with E-state index in [0.717, 1.165) is 11.3 Å². The number of non-ortho nitro benzene ring substituents is 1. The van der Waals surface area contributed by atoms with Crippen LogP contribution in [0.3, 0.4) is 0 Å². The highest BCUT2D eigenvalue weighted by atomic mass is 79.9. The second kappa shape index (κ2) is 12.6. The second-order valence-corrected chi connectivity index (χ2v) is 11.6. The molecular weight excluding hydrogens is 654 g/mol. The van der Waals surface area contributed by atoms with Gasteiger partial charge in [-0.2, -0.15) is 0 Å². The number of aryl methyl sites for hydroxylation is 1. The van der Waals surface area contributed by atoms with Gasteiger partial charge >= 0.3 is 5.97 Å². The molecule has 0 radical (unpaired) electrons. The predicted octanol–water partition coefficient (Wildman–Crippen LogP) is 5.44. The largest absolute Gasteiger partial charge is 0.493 e. The molecule has 0 fully saturated rings. The first kappa shape index (κ1) is 31.0. The van der Waals surface area contributed by atoms with E-state index in [1.165, 1.54) is 23.8 Å². The fourth-order valence-electron chi connectivity index (χ4n) is 5.02. The molecule has 1 atom stereocenters. The third kappa shape index (κ3) is 5.72. The Kier molecular flexibility index (Phi) is 8.88. The van der Waals surface area contributed by atoms with Crippen LogP contribution in [0.4, 0.5) is 5.69 Å². The average Bonchev–Trinajstić information content (AvgIpc) is 3.56. The summed E-state index contributed by atoms with van der Waals surface area (Å²) in [6, 6.07) is 10.6. The van der Waals surface area contributed by atoms with E-state index in [2.05, 4.69) is 20.9 Å². The monoisotopic (exact) mass is 681 g/mol. The molecule has 4 aromatic rings. The van der Waals surface area contributed by atoms with Crippen LogP contribution < -0.4 is 24.4 Å². The Labute approximate surface area is 264 Å². The minimum atomic E-state index is -0.874. The van der Waals surface area contributed by atoms with Crippen molar-refractivity contribution in [3.8, 4) is 22.8 Å². The molecule has 2 aromatic heterocycles. The van der Waals surface area contributed by atoms with E-state index in [4.69, 9.17) is 18.6 Å². The van der Waals surface area contributed by atoms with E-state index in [9.17, 15) is 19.7 Å². The van der Waals surface area contributed by atoms with E-state index in [0.29, 0.717) is 65.8 Å². The van der Waals surface area contributed by atoms with Crippen LogP contribution in [0, 0.1) is 17.0 Å². The SMILES string of the molecule is CCOC(=O)C1=C(C)N=c2s/c(=C/c3ccc(-c4ccc([N+](=O)[O-])cc4C)o3)c(=O)n2[C@H]1c1cc(OC)c(OCC)cc1Br. The third-order valence-electron chi connectivity index (χ3n) is 6.98. The lowest BCUT2D eigenvalue weighted by molar-refractivity contribution is -0.384. The molecular formula is C31H28BrN3O8S. The summed E-state index contributed by atoms with van der Waals surface area (Å²) in [6.07, 6.45) is 1.61. The van der Waals surface area contributed by atoms with Crippen molar-refractivity contribution in [3.05, 3.63) is 105 Å². The molecule has 228 valence electrons. The standard InChI is InChI=1S/C31H28BrN3O8S/c1-6-41-25-15-22(32)21(14-24(25)40-5)28-27(30(37)42-7-2)17(4)33-31-34(28)29(36)26(44-31)13-19-9-11-23(43-19)20-10-8-18(35(38)39)12-16(20)3/h8-15,28H,6-7H2,1-5H3/b26-13+/t28-/m0/s1. The van der Waals surface area contributed by atoms with E-state index in [1.54, 1.807) is 57.2 Å². The summed E-state index contributed by atoms with van der Waals surface area (Å²) in [5.74, 6) is 1.27. The first-order valence-electron chi connectivity index (χ1n) is 13.6. The summed E-state index contributed by atoms with van der Waals surface area (Å²) in [7, 11) is 1.52. The van der Waals surface area contributed by atoms with Gasteiger partial charge in [-0.05, 0) is 69.2 Å². The smallest absolute Gasteiger partial charge is 0.338 e. The number of esters is 1. The second-order valence-electron chi connectivity index (χ2n) is 9.72. The minimum absolute atomic E-state index is 0.0111. The lowest BCUT2D eigenvalue weighted by atomic mass is 9.95. The van der Waals surface area contributed by atoms with Crippen molar-refractivity contribution in [2.24, 2.45) is 4.99 Å². The minimum Gasteiger partial charge on any atom is -0.493 e. The van der Waals surface area contributed by atoms with Crippen LogP contribution in [0.2, 0.25) is 0 Å². The zero-order valence-corrected chi connectivity index (χ0v) is 26.9. The zero-order valence-electron chi connectivity index (χ0n) is 24.5. The van der Waals surface area contributed by atoms with Gasteiger partial charge in [0.25, 0.3) is 11.2 Å². The van der Waals surface area contributed by atoms with Crippen molar-refractivity contribution in [1.82, 2.24) is 4.57 Å². The molecule has 44 heavy (non-hydrogen) atoms. The number of carbonyl (C=O) groups excluding carboxylic acids is 1. The zero-order chi connectivity index (χ0) is 31.7. The van der Waals surface area contributed by atoms with Gasteiger partial charge < -0.3 is 18.6 Å².